The molecule has 0 radical (unpaired) electrons. The Balaban J connectivity index is 3.12. The Morgan fingerprint density at radius 1 is 1.47 bits per heavy atom. The van der Waals surface area contributed by atoms with E-state index in [0.717, 1.165) is 5.56 Å². The predicted octanol–water partition coefficient (Wildman–Crippen LogP) is 3.35. The van der Waals surface area contributed by atoms with E-state index in [1.54, 1.807) is 6.07 Å². The first-order chi connectivity index (χ1) is 6.85. The first-order valence-electron chi connectivity index (χ1n) is 3.88. The molecule has 1 rings (SSSR count). The van der Waals surface area contributed by atoms with Crippen molar-refractivity contribution in [2.45, 2.75) is 6.92 Å². The summed E-state index contributed by atoms with van der Waals surface area (Å²) >= 11 is 14.4. The third-order valence-corrected chi connectivity index (χ3v) is 4.40. The van der Waals surface area contributed by atoms with Crippen LogP contribution in [0.5, 0.6) is 0 Å². The molecule has 84 valence electrons. The molecule has 0 spiro atoms. The molecule has 0 unspecified atom stereocenters. The van der Waals surface area contributed by atoms with Gasteiger partial charge in [-0.3, -0.25) is 4.72 Å². The van der Waals surface area contributed by atoms with Gasteiger partial charge in [0, 0.05) is 9.50 Å². The van der Waals surface area contributed by atoms with E-state index < -0.39 is 15.2 Å². The van der Waals surface area contributed by atoms with Crippen molar-refractivity contribution in [1.29, 1.82) is 0 Å². The van der Waals surface area contributed by atoms with E-state index in [1.165, 1.54) is 6.07 Å². The molecule has 3 nitrogen and oxygen atoms in total. The number of hydrogen-bond acceptors (Lipinski definition) is 2. The number of aryl methyl sites for hydroxylation is 1. The molecule has 0 amide bonds. The van der Waals surface area contributed by atoms with Gasteiger partial charge < -0.3 is 0 Å². The van der Waals surface area contributed by atoms with E-state index >= 15 is 0 Å². The summed E-state index contributed by atoms with van der Waals surface area (Å²) in [6.45, 7) is 1.83. The number of hydrogen-bond donors (Lipinski definition) is 1. The molecule has 0 saturated carbocycles. The summed E-state index contributed by atoms with van der Waals surface area (Å²) in [6.07, 6.45) is 0. The number of alkyl halides is 1. The molecule has 7 heteroatoms. The van der Waals surface area contributed by atoms with E-state index in [1.807, 2.05) is 6.92 Å². The lowest BCUT2D eigenvalue weighted by molar-refractivity contribution is 0.605. The van der Waals surface area contributed by atoms with Gasteiger partial charge in [-0.15, -0.1) is 11.6 Å². The molecule has 1 N–H and O–H groups in total. The van der Waals surface area contributed by atoms with Crippen LogP contribution in [0.15, 0.2) is 16.6 Å². The van der Waals surface area contributed by atoms with Crippen LogP contribution in [-0.2, 0) is 10.0 Å². The molecule has 0 bridgehead atoms. The maximum atomic E-state index is 11.2. The molecule has 0 atom stereocenters. The van der Waals surface area contributed by atoms with Crippen molar-refractivity contribution in [3.63, 3.8) is 0 Å². The second-order valence-corrected chi connectivity index (χ2v) is 6.48. The minimum Gasteiger partial charge on any atom is -0.281 e. The minimum atomic E-state index is -3.50. The van der Waals surface area contributed by atoms with Crippen molar-refractivity contribution < 1.29 is 8.42 Å². The molecular formula is C8H8BrCl2NO2S. The molecule has 0 aliphatic rings. The number of nitrogens with one attached hydrogen (secondary N) is 1. The van der Waals surface area contributed by atoms with Gasteiger partial charge in [-0.2, -0.15) is 0 Å². The molecule has 15 heavy (non-hydrogen) atoms. The van der Waals surface area contributed by atoms with Gasteiger partial charge in [0.15, 0.2) is 0 Å². The monoisotopic (exact) mass is 331 g/mol. The Morgan fingerprint density at radius 2 is 2.07 bits per heavy atom. The summed E-state index contributed by atoms with van der Waals surface area (Å²) in [7, 11) is -3.50. The smallest absolute Gasteiger partial charge is 0.246 e. The Hall–Kier alpha value is 0.0300. The highest BCUT2D eigenvalue weighted by molar-refractivity contribution is 9.10. The molecule has 0 heterocycles. The highest BCUT2D eigenvalue weighted by atomic mass is 79.9. The fourth-order valence-electron chi connectivity index (χ4n) is 0.919. The van der Waals surface area contributed by atoms with Gasteiger partial charge in [-0.05, 0) is 40.5 Å². The summed E-state index contributed by atoms with van der Waals surface area (Å²) in [5, 5.41) is -0.00393. The molecule has 1 aromatic carbocycles. The molecule has 0 aliphatic carbocycles. The van der Waals surface area contributed by atoms with E-state index in [0.29, 0.717) is 15.2 Å². The summed E-state index contributed by atoms with van der Waals surface area (Å²) in [5.41, 5.74) is 1.24. The van der Waals surface area contributed by atoms with E-state index in [9.17, 15) is 8.42 Å². The standard InChI is InChI=1S/C8H8BrCl2NO2S/c1-5-2-6(9)8(3-7(5)11)12-15(13,14)4-10/h2-3,12H,4H2,1H3. The predicted molar refractivity (Wildman–Crippen MR) is 67.2 cm³/mol. The van der Waals surface area contributed by atoms with Gasteiger partial charge in [0.2, 0.25) is 10.0 Å². The third kappa shape index (κ3) is 3.52. The normalized spacial score (nSPS) is 11.5. The number of benzene rings is 1. The van der Waals surface area contributed by atoms with Crippen LogP contribution < -0.4 is 4.72 Å². The Morgan fingerprint density at radius 3 is 2.60 bits per heavy atom. The van der Waals surface area contributed by atoms with Crippen molar-refractivity contribution in [2.24, 2.45) is 0 Å². The lowest BCUT2D eigenvalue weighted by Crippen LogP contribution is -2.13. The molecular weight excluding hydrogens is 325 g/mol. The topological polar surface area (TPSA) is 46.2 Å². The lowest BCUT2D eigenvalue weighted by Gasteiger charge is -2.09. The van der Waals surface area contributed by atoms with Gasteiger partial charge >= 0.3 is 0 Å². The fraction of sp³-hybridized carbons (Fsp3) is 0.250. The van der Waals surface area contributed by atoms with Crippen LogP contribution >= 0.6 is 39.1 Å². The lowest BCUT2D eigenvalue weighted by atomic mass is 10.2. The Kier molecular flexibility index (Phi) is 4.29. The van der Waals surface area contributed by atoms with Gasteiger partial charge in [0.05, 0.1) is 5.69 Å². The highest BCUT2D eigenvalue weighted by Crippen LogP contribution is 2.29. The van der Waals surface area contributed by atoms with Crippen LogP contribution in [0.3, 0.4) is 0 Å². The number of sulfonamides is 1. The zero-order valence-corrected chi connectivity index (χ0v) is 11.6. The Labute approximate surface area is 107 Å². The summed E-state index contributed by atoms with van der Waals surface area (Å²) < 4.78 is 25.4. The van der Waals surface area contributed by atoms with Crippen LogP contribution in [-0.4, -0.2) is 13.6 Å². The van der Waals surface area contributed by atoms with Crippen molar-refractivity contribution in [3.8, 4) is 0 Å². The zero-order chi connectivity index (χ0) is 11.6. The first kappa shape index (κ1) is 13.1. The fourth-order valence-corrected chi connectivity index (χ4v) is 2.49. The molecule has 0 saturated heterocycles. The molecule has 0 aromatic heterocycles. The van der Waals surface area contributed by atoms with Crippen LogP contribution in [0.1, 0.15) is 5.56 Å². The molecule has 0 fully saturated rings. The maximum absolute atomic E-state index is 11.2. The van der Waals surface area contributed by atoms with E-state index in [-0.39, 0.29) is 0 Å². The van der Waals surface area contributed by atoms with Gasteiger partial charge in [-0.25, -0.2) is 8.42 Å². The summed E-state index contributed by atoms with van der Waals surface area (Å²) in [5.74, 6) is 0. The third-order valence-electron chi connectivity index (χ3n) is 1.66. The number of halogens is 3. The second kappa shape index (κ2) is 4.91. The van der Waals surface area contributed by atoms with Crippen molar-refractivity contribution in [1.82, 2.24) is 0 Å². The highest BCUT2D eigenvalue weighted by Gasteiger charge is 2.11. The average molecular weight is 333 g/mol. The quantitative estimate of drug-likeness (QED) is 0.863. The Bertz CT molecular complexity index is 476. The van der Waals surface area contributed by atoms with E-state index in [4.69, 9.17) is 23.2 Å². The maximum Gasteiger partial charge on any atom is 0.246 e. The second-order valence-electron chi connectivity index (χ2n) is 2.91. The van der Waals surface area contributed by atoms with Gasteiger partial charge in [0.25, 0.3) is 0 Å². The van der Waals surface area contributed by atoms with E-state index in [2.05, 4.69) is 20.7 Å². The van der Waals surface area contributed by atoms with Crippen molar-refractivity contribution in [2.75, 3.05) is 9.93 Å². The van der Waals surface area contributed by atoms with Crippen LogP contribution in [0.4, 0.5) is 5.69 Å². The molecule has 1 aromatic rings. The van der Waals surface area contributed by atoms with Crippen molar-refractivity contribution >= 4 is 54.8 Å². The molecule has 0 aliphatic heterocycles. The summed E-state index contributed by atoms with van der Waals surface area (Å²) in [4.78, 5) is 0. The SMILES string of the molecule is Cc1cc(Br)c(NS(=O)(=O)CCl)cc1Cl. The van der Waals surface area contributed by atoms with Gasteiger partial charge in [0.1, 0.15) is 5.21 Å². The zero-order valence-electron chi connectivity index (χ0n) is 7.72. The number of rotatable bonds is 3. The largest absolute Gasteiger partial charge is 0.281 e. The summed E-state index contributed by atoms with van der Waals surface area (Å²) in [6, 6.07) is 3.26. The van der Waals surface area contributed by atoms with Gasteiger partial charge in [-0.1, -0.05) is 11.6 Å². The van der Waals surface area contributed by atoms with Crippen LogP contribution in [0, 0.1) is 6.92 Å². The van der Waals surface area contributed by atoms with Crippen LogP contribution in [0.2, 0.25) is 5.02 Å². The minimum absolute atomic E-state index is 0.381. The number of anilines is 1. The van der Waals surface area contributed by atoms with Crippen molar-refractivity contribution in [3.05, 3.63) is 27.2 Å². The van der Waals surface area contributed by atoms with Crippen LogP contribution in [0.25, 0.3) is 0 Å². The first-order valence-corrected chi connectivity index (χ1v) is 7.23. The average Bonchev–Trinajstić information content (AvgIpc) is 2.14.